The van der Waals surface area contributed by atoms with Crippen LogP contribution in [0.3, 0.4) is 0 Å². The minimum absolute atomic E-state index is 0.234. The van der Waals surface area contributed by atoms with Gasteiger partial charge in [0.15, 0.2) is 11.5 Å². The number of hydrogen-bond donors (Lipinski definition) is 0. The van der Waals surface area contributed by atoms with Crippen molar-refractivity contribution in [2.75, 3.05) is 33.5 Å². The molecule has 1 aromatic heterocycles. The summed E-state index contributed by atoms with van der Waals surface area (Å²) in [7, 11) is 1.62. The average Bonchev–Trinajstić information content (AvgIpc) is 2.83. The van der Waals surface area contributed by atoms with Crippen LogP contribution in [0.25, 0.3) is 10.9 Å². The van der Waals surface area contributed by atoms with Crippen molar-refractivity contribution in [1.82, 2.24) is 4.98 Å². The molecule has 1 fully saturated rings. The van der Waals surface area contributed by atoms with Crippen LogP contribution in [0, 0.1) is 5.92 Å². The van der Waals surface area contributed by atoms with Crippen molar-refractivity contribution in [2.45, 2.75) is 32.1 Å². The number of fused-ring (bicyclic) bond motifs is 3. The topological polar surface area (TPSA) is 76.1 Å². The number of carbonyl (C=O) groups is 1. The molecule has 0 N–H and O–H groups in total. The minimum Gasteiger partial charge on any atom is -0.487 e. The third-order valence-electron chi connectivity index (χ3n) is 6.37. The molecule has 0 amide bonds. The molecule has 0 spiro atoms. The molecule has 0 saturated heterocycles. The van der Waals surface area contributed by atoms with E-state index < -0.39 is 0 Å². The molecular formula is C27H28ClNO6. The second-order valence-electron chi connectivity index (χ2n) is 8.85. The highest BCUT2D eigenvalue weighted by Crippen LogP contribution is 2.48. The summed E-state index contributed by atoms with van der Waals surface area (Å²) in [5, 5.41) is 1.20. The Morgan fingerprint density at radius 1 is 1.09 bits per heavy atom. The molecule has 1 saturated carbocycles. The molecule has 8 heteroatoms. The van der Waals surface area contributed by atoms with Gasteiger partial charge < -0.3 is 23.7 Å². The van der Waals surface area contributed by atoms with E-state index in [2.05, 4.69) is 4.98 Å². The fraction of sp³-hybridized carbons (Fsp3) is 0.407. The lowest BCUT2D eigenvalue weighted by Gasteiger charge is -2.24. The Morgan fingerprint density at radius 2 is 1.91 bits per heavy atom. The van der Waals surface area contributed by atoms with Crippen LogP contribution in [-0.4, -0.2) is 44.3 Å². The van der Waals surface area contributed by atoms with E-state index in [1.807, 2.05) is 18.2 Å². The number of methoxy groups -OCH3 is 1. The van der Waals surface area contributed by atoms with E-state index in [1.165, 1.54) is 6.42 Å². The Balaban J connectivity index is 1.40. The molecule has 2 aliphatic rings. The second kappa shape index (κ2) is 10.7. The predicted molar refractivity (Wildman–Crippen MR) is 132 cm³/mol. The number of aromatic nitrogens is 1. The van der Waals surface area contributed by atoms with Crippen LogP contribution >= 0.6 is 11.6 Å². The van der Waals surface area contributed by atoms with Crippen molar-refractivity contribution >= 4 is 28.3 Å². The first kappa shape index (κ1) is 23.7. The Kier molecular flexibility index (Phi) is 7.25. The van der Waals surface area contributed by atoms with E-state index in [9.17, 15) is 4.79 Å². The zero-order valence-corrected chi connectivity index (χ0v) is 20.4. The number of Topliss-reactive ketones (excluding diaryl/α,β-unsaturated/α-hetero) is 1. The summed E-state index contributed by atoms with van der Waals surface area (Å²) >= 11 is 6.52. The molecular weight excluding hydrogens is 470 g/mol. The van der Waals surface area contributed by atoms with Crippen molar-refractivity contribution < 1.29 is 28.5 Å². The fourth-order valence-electron chi connectivity index (χ4n) is 4.37. The van der Waals surface area contributed by atoms with Gasteiger partial charge in [-0.2, -0.15) is 0 Å². The minimum atomic E-state index is 0.234. The van der Waals surface area contributed by atoms with Crippen LogP contribution in [0.4, 0.5) is 0 Å². The molecule has 1 aliphatic heterocycles. The molecule has 2 heterocycles. The Morgan fingerprint density at radius 3 is 2.66 bits per heavy atom. The molecule has 0 unspecified atom stereocenters. The molecule has 35 heavy (non-hydrogen) atoms. The van der Waals surface area contributed by atoms with Gasteiger partial charge in [-0.05, 0) is 29.7 Å². The van der Waals surface area contributed by atoms with Gasteiger partial charge in [-0.15, -0.1) is 0 Å². The number of carbonyl (C=O) groups excluding carboxylic acids is 1. The van der Waals surface area contributed by atoms with E-state index in [0.717, 1.165) is 18.4 Å². The average molecular weight is 498 g/mol. The van der Waals surface area contributed by atoms with E-state index in [4.69, 9.17) is 35.3 Å². The van der Waals surface area contributed by atoms with E-state index >= 15 is 0 Å². The zero-order valence-electron chi connectivity index (χ0n) is 19.7. The summed E-state index contributed by atoms with van der Waals surface area (Å²) in [5.74, 6) is 3.51. The first-order chi connectivity index (χ1) is 17.1. The molecule has 5 rings (SSSR count). The van der Waals surface area contributed by atoms with Gasteiger partial charge in [0, 0.05) is 37.2 Å². The van der Waals surface area contributed by atoms with Crippen LogP contribution in [0.5, 0.6) is 28.7 Å². The third-order valence-corrected chi connectivity index (χ3v) is 6.72. The van der Waals surface area contributed by atoms with Crippen molar-refractivity contribution in [3.8, 4) is 28.7 Å². The summed E-state index contributed by atoms with van der Waals surface area (Å²) < 4.78 is 29.0. The normalized spacial score (nSPS) is 15.0. The molecule has 7 nitrogen and oxygen atoms in total. The standard InChI is InChI=1S/C27H28ClNO6/c1-31-9-10-32-24-16-22-25(27-26(24)33-11-12-34-27)23(7-8-29-22)35-20-6-5-18(21(28)15-20)14-19(30)13-17-3-2-4-17/h5-8,15-17H,2-4,9-14H2,1H3. The SMILES string of the molecule is COCCOc1cc2nccc(Oc3ccc(CC(=O)CC4CCC4)c(Cl)c3)c2c2c1OCCO2. The van der Waals surface area contributed by atoms with Gasteiger partial charge in [0.25, 0.3) is 0 Å². The third kappa shape index (κ3) is 5.31. The van der Waals surface area contributed by atoms with Gasteiger partial charge in [-0.25, -0.2) is 0 Å². The van der Waals surface area contributed by atoms with Crippen molar-refractivity contribution in [1.29, 1.82) is 0 Å². The lowest BCUT2D eigenvalue weighted by Crippen LogP contribution is -2.17. The number of rotatable bonds is 10. The summed E-state index contributed by atoms with van der Waals surface area (Å²) in [6, 6.07) is 9.02. The van der Waals surface area contributed by atoms with Gasteiger partial charge in [0.2, 0.25) is 5.75 Å². The van der Waals surface area contributed by atoms with Crippen LogP contribution in [0.1, 0.15) is 31.2 Å². The van der Waals surface area contributed by atoms with Gasteiger partial charge in [0.05, 0.1) is 17.5 Å². The molecule has 1 aliphatic carbocycles. The number of hydrogen-bond acceptors (Lipinski definition) is 7. The maximum atomic E-state index is 12.4. The fourth-order valence-corrected chi connectivity index (χ4v) is 4.60. The summed E-state index contributed by atoms with van der Waals surface area (Å²) in [6.07, 6.45) is 6.20. The maximum absolute atomic E-state index is 12.4. The summed E-state index contributed by atoms with van der Waals surface area (Å²) in [5.41, 5.74) is 1.47. The highest BCUT2D eigenvalue weighted by molar-refractivity contribution is 6.31. The van der Waals surface area contributed by atoms with Crippen molar-refractivity contribution in [2.24, 2.45) is 5.92 Å². The van der Waals surface area contributed by atoms with Gasteiger partial charge >= 0.3 is 0 Å². The maximum Gasteiger partial charge on any atom is 0.204 e. The number of benzene rings is 2. The highest BCUT2D eigenvalue weighted by atomic mass is 35.5. The van der Waals surface area contributed by atoms with Crippen LogP contribution in [0.15, 0.2) is 36.5 Å². The van der Waals surface area contributed by atoms with Crippen LogP contribution in [0.2, 0.25) is 5.02 Å². The number of nitrogens with zero attached hydrogens (tertiary/aromatic N) is 1. The Labute approximate surface area is 209 Å². The number of pyridine rings is 1. The smallest absolute Gasteiger partial charge is 0.204 e. The first-order valence-corrected chi connectivity index (χ1v) is 12.3. The largest absolute Gasteiger partial charge is 0.487 e. The van der Waals surface area contributed by atoms with Gasteiger partial charge in [-0.3, -0.25) is 9.78 Å². The summed E-state index contributed by atoms with van der Waals surface area (Å²) in [4.78, 5) is 16.9. The number of halogens is 1. The lowest BCUT2D eigenvalue weighted by molar-refractivity contribution is -0.119. The molecule has 0 atom stereocenters. The molecule has 0 bridgehead atoms. The molecule has 0 radical (unpaired) electrons. The number of ether oxygens (including phenoxy) is 5. The monoisotopic (exact) mass is 497 g/mol. The lowest BCUT2D eigenvalue weighted by atomic mass is 9.81. The van der Waals surface area contributed by atoms with Gasteiger partial charge in [0.1, 0.15) is 37.1 Å². The van der Waals surface area contributed by atoms with E-state index in [0.29, 0.717) is 89.9 Å². The molecule has 184 valence electrons. The van der Waals surface area contributed by atoms with E-state index in [-0.39, 0.29) is 5.78 Å². The first-order valence-electron chi connectivity index (χ1n) is 11.9. The number of ketones is 1. The Bertz CT molecular complexity index is 1230. The highest BCUT2D eigenvalue weighted by Gasteiger charge is 2.25. The zero-order chi connectivity index (χ0) is 24.2. The Hall–Kier alpha value is -3.03. The quantitative estimate of drug-likeness (QED) is 0.329. The van der Waals surface area contributed by atoms with Crippen LogP contribution in [-0.2, 0) is 16.0 Å². The summed E-state index contributed by atoms with van der Waals surface area (Å²) in [6.45, 7) is 1.66. The predicted octanol–water partition coefficient (Wildman–Crippen LogP) is 5.78. The van der Waals surface area contributed by atoms with Gasteiger partial charge in [-0.1, -0.05) is 36.9 Å². The van der Waals surface area contributed by atoms with Crippen molar-refractivity contribution in [3.05, 3.63) is 47.1 Å². The van der Waals surface area contributed by atoms with E-state index in [1.54, 1.807) is 25.4 Å². The van der Waals surface area contributed by atoms with Crippen LogP contribution < -0.4 is 18.9 Å². The molecule has 3 aromatic rings. The van der Waals surface area contributed by atoms with Crippen molar-refractivity contribution in [3.63, 3.8) is 0 Å². The molecule has 2 aromatic carbocycles. The second-order valence-corrected chi connectivity index (χ2v) is 9.25.